The number of ether oxygens (including phenoxy) is 1. The molecule has 20 heavy (non-hydrogen) atoms. The van der Waals surface area contributed by atoms with Gasteiger partial charge in [-0.1, -0.05) is 0 Å². The molecule has 8 heteroatoms. The Kier molecular flexibility index (Phi) is 4.46. The first kappa shape index (κ1) is 14.6. The standard InChI is InChI=1S/C12H10N2O4S2/c1-18-10-4-3-8(14(16)17)5-7(10)6-9-11(15)20-12(13-9)19-2/h3-6H,1-2H3/b9-6+. The number of carbonyl (C=O) groups is 1. The average Bonchev–Trinajstić information content (AvgIpc) is 2.79. The molecule has 1 aliphatic heterocycles. The number of carbonyl (C=O) groups excluding carboxylic acids is 1. The molecule has 6 nitrogen and oxygen atoms in total. The highest BCUT2D eigenvalue weighted by Gasteiger charge is 2.22. The fourth-order valence-corrected chi connectivity index (χ4v) is 2.83. The average molecular weight is 310 g/mol. The topological polar surface area (TPSA) is 81.8 Å². The van der Waals surface area contributed by atoms with Gasteiger partial charge in [0, 0.05) is 17.7 Å². The molecule has 0 amide bonds. The van der Waals surface area contributed by atoms with Crippen molar-refractivity contribution < 1.29 is 14.5 Å². The predicted molar refractivity (Wildman–Crippen MR) is 81.2 cm³/mol. The van der Waals surface area contributed by atoms with E-state index >= 15 is 0 Å². The molecule has 104 valence electrons. The summed E-state index contributed by atoms with van der Waals surface area (Å²) in [4.78, 5) is 26.2. The Morgan fingerprint density at radius 2 is 2.25 bits per heavy atom. The van der Waals surface area contributed by atoms with Crippen LogP contribution in [0.25, 0.3) is 6.08 Å². The Labute approximate surface area is 123 Å². The largest absolute Gasteiger partial charge is 0.496 e. The SMILES string of the molecule is COc1ccc([N+](=O)[O-])cc1/C=C1/N=C(SC)SC1=O. The Bertz CT molecular complexity index is 640. The second-order valence-electron chi connectivity index (χ2n) is 3.68. The van der Waals surface area contributed by atoms with Crippen molar-refractivity contribution in [3.8, 4) is 5.75 Å². The Hall–Kier alpha value is -1.80. The highest BCUT2D eigenvalue weighted by molar-refractivity contribution is 8.45. The lowest BCUT2D eigenvalue weighted by molar-refractivity contribution is -0.384. The molecule has 0 spiro atoms. The van der Waals surface area contributed by atoms with Crippen molar-refractivity contribution in [3.63, 3.8) is 0 Å². The summed E-state index contributed by atoms with van der Waals surface area (Å²) < 4.78 is 5.80. The molecule has 0 aliphatic carbocycles. The number of hydrogen-bond donors (Lipinski definition) is 0. The van der Waals surface area contributed by atoms with E-state index in [1.165, 1.54) is 43.1 Å². The molecular weight excluding hydrogens is 300 g/mol. The van der Waals surface area contributed by atoms with E-state index in [-0.39, 0.29) is 16.5 Å². The van der Waals surface area contributed by atoms with Crippen molar-refractivity contribution in [2.45, 2.75) is 0 Å². The van der Waals surface area contributed by atoms with Crippen LogP contribution in [0, 0.1) is 10.1 Å². The number of methoxy groups -OCH3 is 1. The molecule has 0 saturated heterocycles. The first-order chi connectivity index (χ1) is 9.55. The zero-order valence-corrected chi connectivity index (χ0v) is 12.3. The molecule has 1 aliphatic rings. The van der Waals surface area contributed by atoms with Gasteiger partial charge in [-0.05, 0) is 30.2 Å². The van der Waals surface area contributed by atoms with E-state index in [4.69, 9.17) is 4.74 Å². The summed E-state index contributed by atoms with van der Waals surface area (Å²) in [5.74, 6) is 0.453. The van der Waals surface area contributed by atoms with Gasteiger partial charge in [0.25, 0.3) is 5.69 Å². The third-order valence-electron chi connectivity index (χ3n) is 2.49. The van der Waals surface area contributed by atoms with Gasteiger partial charge in [-0.25, -0.2) is 4.99 Å². The summed E-state index contributed by atoms with van der Waals surface area (Å²) in [7, 11) is 1.46. The molecule has 1 aromatic carbocycles. The maximum atomic E-state index is 11.8. The third kappa shape index (κ3) is 3.02. The van der Waals surface area contributed by atoms with Crippen LogP contribution in [0.2, 0.25) is 0 Å². The van der Waals surface area contributed by atoms with Crippen LogP contribution in [0.5, 0.6) is 5.75 Å². The zero-order chi connectivity index (χ0) is 14.7. The Balaban J connectivity index is 2.46. The minimum Gasteiger partial charge on any atom is -0.496 e. The number of benzene rings is 1. The third-order valence-corrected chi connectivity index (χ3v) is 4.34. The van der Waals surface area contributed by atoms with Gasteiger partial charge in [-0.15, -0.1) is 11.8 Å². The van der Waals surface area contributed by atoms with Gasteiger partial charge in [0.15, 0.2) is 0 Å². The van der Waals surface area contributed by atoms with Crippen molar-refractivity contribution in [3.05, 3.63) is 39.6 Å². The van der Waals surface area contributed by atoms with E-state index in [0.29, 0.717) is 15.7 Å². The van der Waals surface area contributed by atoms with Gasteiger partial charge in [0.2, 0.25) is 5.12 Å². The van der Waals surface area contributed by atoms with Crippen molar-refractivity contribution in [2.24, 2.45) is 4.99 Å². The van der Waals surface area contributed by atoms with Gasteiger partial charge in [0.05, 0.1) is 12.0 Å². The van der Waals surface area contributed by atoms with Crippen LogP contribution in [0.3, 0.4) is 0 Å². The zero-order valence-electron chi connectivity index (χ0n) is 10.7. The Morgan fingerprint density at radius 3 is 2.80 bits per heavy atom. The fourth-order valence-electron chi connectivity index (χ4n) is 1.57. The van der Waals surface area contributed by atoms with E-state index in [1.807, 2.05) is 6.26 Å². The van der Waals surface area contributed by atoms with E-state index in [0.717, 1.165) is 11.8 Å². The summed E-state index contributed by atoms with van der Waals surface area (Å²) in [6, 6.07) is 4.20. The lowest BCUT2D eigenvalue weighted by Crippen LogP contribution is -1.94. The summed E-state index contributed by atoms with van der Waals surface area (Å²) in [5.41, 5.74) is 0.653. The van der Waals surface area contributed by atoms with Crippen molar-refractivity contribution in [2.75, 3.05) is 13.4 Å². The molecular formula is C12H10N2O4S2. The number of aliphatic imine (C=N–C) groups is 1. The minimum atomic E-state index is -0.497. The molecule has 0 unspecified atom stereocenters. The predicted octanol–water partition coefficient (Wildman–Crippen LogP) is 2.94. The highest BCUT2D eigenvalue weighted by atomic mass is 32.2. The molecule has 2 rings (SSSR count). The van der Waals surface area contributed by atoms with E-state index in [2.05, 4.69) is 4.99 Å². The monoisotopic (exact) mass is 310 g/mol. The van der Waals surface area contributed by atoms with Crippen molar-refractivity contribution in [1.29, 1.82) is 0 Å². The number of hydrogen-bond acceptors (Lipinski definition) is 7. The van der Waals surface area contributed by atoms with Gasteiger partial charge >= 0.3 is 0 Å². The number of rotatable bonds is 3. The van der Waals surface area contributed by atoms with Gasteiger partial charge in [-0.2, -0.15) is 0 Å². The molecule has 1 heterocycles. The summed E-state index contributed by atoms with van der Waals surface area (Å²) >= 11 is 2.43. The van der Waals surface area contributed by atoms with Crippen LogP contribution in [-0.2, 0) is 4.79 Å². The smallest absolute Gasteiger partial charge is 0.270 e. The molecule has 1 aromatic rings. The van der Waals surface area contributed by atoms with Crippen LogP contribution < -0.4 is 4.74 Å². The first-order valence-corrected chi connectivity index (χ1v) is 7.48. The second kappa shape index (κ2) is 6.10. The number of nitro groups is 1. The van der Waals surface area contributed by atoms with Crippen LogP contribution in [-0.4, -0.2) is 27.8 Å². The maximum absolute atomic E-state index is 11.8. The van der Waals surface area contributed by atoms with Crippen LogP contribution in [0.4, 0.5) is 5.69 Å². The molecule has 0 aromatic heterocycles. The van der Waals surface area contributed by atoms with E-state index in [9.17, 15) is 14.9 Å². The van der Waals surface area contributed by atoms with Gasteiger partial charge in [-0.3, -0.25) is 14.9 Å². The lowest BCUT2D eigenvalue weighted by Gasteiger charge is -2.04. The lowest BCUT2D eigenvalue weighted by atomic mass is 10.1. The molecule has 0 N–H and O–H groups in total. The quantitative estimate of drug-likeness (QED) is 0.485. The minimum absolute atomic E-state index is 0.0650. The molecule has 0 atom stereocenters. The summed E-state index contributed by atoms with van der Waals surface area (Å²) in [6.07, 6.45) is 3.33. The highest BCUT2D eigenvalue weighted by Crippen LogP contribution is 2.32. The molecule has 0 radical (unpaired) electrons. The second-order valence-corrected chi connectivity index (χ2v) is 5.70. The van der Waals surface area contributed by atoms with Crippen LogP contribution in [0.15, 0.2) is 28.9 Å². The maximum Gasteiger partial charge on any atom is 0.270 e. The fraction of sp³-hybridized carbons (Fsp3) is 0.167. The van der Waals surface area contributed by atoms with E-state index < -0.39 is 4.92 Å². The van der Waals surface area contributed by atoms with E-state index in [1.54, 1.807) is 0 Å². The Morgan fingerprint density at radius 1 is 1.50 bits per heavy atom. The molecule has 0 bridgehead atoms. The van der Waals surface area contributed by atoms with Gasteiger partial charge < -0.3 is 4.74 Å². The number of thioether (sulfide) groups is 2. The number of non-ortho nitro benzene ring substituents is 1. The summed E-state index contributed by atoms with van der Waals surface area (Å²) in [6.45, 7) is 0. The first-order valence-electron chi connectivity index (χ1n) is 5.44. The van der Waals surface area contributed by atoms with Crippen molar-refractivity contribution in [1.82, 2.24) is 0 Å². The number of nitro benzene ring substituents is 1. The number of nitrogens with zero attached hydrogens (tertiary/aromatic N) is 2. The summed E-state index contributed by atoms with van der Waals surface area (Å²) in [5, 5.41) is 10.6. The van der Waals surface area contributed by atoms with Gasteiger partial charge in [0.1, 0.15) is 15.8 Å². The molecule has 0 saturated carbocycles. The normalized spacial score (nSPS) is 16.4. The van der Waals surface area contributed by atoms with Crippen molar-refractivity contribution >= 4 is 44.8 Å². The molecule has 0 fully saturated rings. The van der Waals surface area contributed by atoms with Crippen LogP contribution in [0.1, 0.15) is 5.56 Å². The van der Waals surface area contributed by atoms with Crippen LogP contribution >= 0.6 is 23.5 Å².